The number of rotatable bonds is 5. The molecule has 0 amide bonds. The van der Waals surface area contributed by atoms with Gasteiger partial charge in [-0.05, 0) is 23.3 Å². The molecule has 0 spiro atoms. The van der Waals surface area contributed by atoms with Crippen molar-refractivity contribution in [2.75, 3.05) is 16.9 Å². The Morgan fingerprint density at radius 3 is 2.68 bits per heavy atom. The van der Waals surface area contributed by atoms with Crippen molar-refractivity contribution >= 4 is 17.3 Å². The second-order valence-electron chi connectivity index (χ2n) is 5.33. The molecule has 8 heteroatoms. The van der Waals surface area contributed by atoms with Crippen molar-refractivity contribution in [2.45, 2.75) is 6.61 Å². The van der Waals surface area contributed by atoms with Crippen molar-refractivity contribution in [3.63, 3.8) is 0 Å². The molecular formula is C17H17FN6O. The maximum absolute atomic E-state index is 13.3. The number of nitrogens with one attached hydrogen (secondary N) is 1. The standard InChI is InChI=1S/C17H17FN6O/c18-13-5-12(7-22-8-13)11-3-1-2-10(4-11)9-25-14-6-15(19)23-17(24-21)16(14)20/h1-8H,9,20-21H2,(H3,19,23,24). The smallest absolute Gasteiger partial charge is 0.169 e. The first kappa shape index (κ1) is 16.5. The van der Waals surface area contributed by atoms with E-state index in [0.717, 1.165) is 17.3 Å². The summed E-state index contributed by atoms with van der Waals surface area (Å²) in [5.41, 5.74) is 16.7. The number of aromatic nitrogens is 2. The van der Waals surface area contributed by atoms with E-state index in [2.05, 4.69) is 15.4 Å². The van der Waals surface area contributed by atoms with Crippen LogP contribution in [0.4, 0.5) is 21.7 Å². The molecule has 3 aromatic rings. The predicted molar refractivity (Wildman–Crippen MR) is 94.8 cm³/mol. The van der Waals surface area contributed by atoms with Crippen LogP contribution in [-0.4, -0.2) is 9.97 Å². The van der Waals surface area contributed by atoms with Crippen molar-refractivity contribution in [2.24, 2.45) is 5.84 Å². The van der Waals surface area contributed by atoms with Crippen LogP contribution in [0.5, 0.6) is 5.75 Å². The van der Waals surface area contributed by atoms with Crippen LogP contribution < -0.4 is 27.5 Å². The predicted octanol–water partition coefficient (Wildman–Crippen LogP) is 2.31. The lowest BCUT2D eigenvalue weighted by Crippen LogP contribution is -2.13. The molecular weight excluding hydrogens is 323 g/mol. The molecule has 7 N–H and O–H groups in total. The lowest BCUT2D eigenvalue weighted by Gasteiger charge is -2.13. The molecule has 25 heavy (non-hydrogen) atoms. The summed E-state index contributed by atoms with van der Waals surface area (Å²) in [6, 6.07) is 10.5. The summed E-state index contributed by atoms with van der Waals surface area (Å²) in [5, 5.41) is 0. The molecule has 3 rings (SSSR count). The molecule has 1 aromatic carbocycles. The molecule has 0 bridgehead atoms. The van der Waals surface area contributed by atoms with E-state index in [-0.39, 0.29) is 29.7 Å². The zero-order chi connectivity index (χ0) is 17.8. The minimum atomic E-state index is -0.388. The SMILES string of the molecule is NNc1nc(N)cc(OCc2cccc(-c3cncc(F)c3)c2)c1N. The number of ether oxygens (including phenoxy) is 1. The molecule has 0 fully saturated rings. The van der Waals surface area contributed by atoms with E-state index in [4.69, 9.17) is 22.0 Å². The van der Waals surface area contributed by atoms with E-state index in [1.54, 1.807) is 6.20 Å². The summed E-state index contributed by atoms with van der Waals surface area (Å²) < 4.78 is 19.1. The van der Waals surface area contributed by atoms with Crippen molar-refractivity contribution in [1.82, 2.24) is 9.97 Å². The maximum Gasteiger partial charge on any atom is 0.169 e. The molecule has 2 heterocycles. The van der Waals surface area contributed by atoms with E-state index in [0.29, 0.717) is 11.3 Å². The number of nitrogens with two attached hydrogens (primary N) is 3. The van der Waals surface area contributed by atoms with Gasteiger partial charge in [0, 0.05) is 17.8 Å². The number of pyridine rings is 2. The minimum Gasteiger partial charge on any atom is -0.486 e. The van der Waals surface area contributed by atoms with Gasteiger partial charge < -0.3 is 21.6 Å². The molecule has 0 aliphatic rings. The topological polar surface area (TPSA) is 125 Å². The van der Waals surface area contributed by atoms with Gasteiger partial charge in [0.25, 0.3) is 0 Å². The third-order valence-electron chi connectivity index (χ3n) is 3.54. The Morgan fingerprint density at radius 2 is 1.92 bits per heavy atom. The van der Waals surface area contributed by atoms with E-state index in [1.807, 2.05) is 24.3 Å². The first-order valence-corrected chi connectivity index (χ1v) is 7.42. The largest absolute Gasteiger partial charge is 0.486 e. The lowest BCUT2D eigenvalue weighted by atomic mass is 10.1. The van der Waals surface area contributed by atoms with Gasteiger partial charge in [-0.3, -0.25) is 4.98 Å². The average molecular weight is 340 g/mol. The summed E-state index contributed by atoms with van der Waals surface area (Å²) in [4.78, 5) is 7.82. The van der Waals surface area contributed by atoms with Gasteiger partial charge in [0.2, 0.25) is 0 Å². The number of hydrogen-bond acceptors (Lipinski definition) is 7. The van der Waals surface area contributed by atoms with E-state index < -0.39 is 0 Å². The fourth-order valence-corrected chi connectivity index (χ4v) is 2.35. The zero-order valence-electron chi connectivity index (χ0n) is 13.2. The van der Waals surface area contributed by atoms with Crippen LogP contribution >= 0.6 is 0 Å². The summed E-state index contributed by atoms with van der Waals surface area (Å²) >= 11 is 0. The average Bonchev–Trinajstić information content (AvgIpc) is 2.62. The first-order valence-electron chi connectivity index (χ1n) is 7.42. The Labute approximate surface area is 143 Å². The first-order chi connectivity index (χ1) is 12.1. The highest BCUT2D eigenvalue weighted by Crippen LogP contribution is 2.30. The second-order valence-corrected chi connectivity index (χ2v) is 5.33. The molecule has 0 atom stereocenters. The number of halogens is 1. The van der Waals surface area contributed by atoms with E-state index in [1.165, 1.54) is 12.1 Å². The lowest BCUT2D eigenvalue weighted by molar-refractivity contribution is 0.308. The quantitative estimate of drug-likeness (QED) is 0.415. The fourth-order valence-electron chi connectivity index (χ4n) is 2.35. The Balaban J connectivity index is 1.81. The molecule has 128 valence electrons. The second kappa shape index (κ2) is 7.02. The molecule has 0 saturated carbocycles. The van der Waals surface area contributed by atoms with Gasteiger partial charge in [-0.25, -0.2) is 15.2 Å². The Kier molecular flexibility index (Phi) is 4.62. The minimum absolute atomic E-state index is 0.233. The highest BCUT2D eigenvalue weighted by molar-refractivity contribution is 5.71. The fraction of sp³-hybridized carbons (Fsp3) is 0.0588. The molecule has 2 aromatic heterocycles. The third kappa shape index (κ3) is 3.75. The summed E-state index contributed by atoms with van der Waals surface area (Å²) in [7, 11) is 0. The Bertz CT molecular complexity index is 902. The van der Waals surface area contributed by atoms with Gasteiger partial charge in [0.1, 0.15) is 29.7 Å². The van der Waals surface area contributed by atoms with E-state index >= 15 is 0 Å². The Morgan fingerprint density at radius 1 is 1.08 bits per heavy atom. The number of anilines is 3. The van der Waals surface area contributed by atoms with Crippen LogP contribution in [0.15, 0.2) is 48.8 Å². The van der Waals surface area contributed by atoms with Crippen molar-refractivity contribution in [3.05, 3.63) is 60.2 Å². The monoisotopic (exact) mass is 340 g/mol. The van der Waals surface area contributed by atoms with Crippen molar-refractivity contribution < 1.29 is 9.13 Å². The number of nitrogens with zero attached hydrogens (tertiary/aromatic N) is 2. The van der Waals surface area contributed by atoms with Crippen LogP contribution in [0, 0.1) is 5.82 Å². The summed E-state index contributed by atoms with van der Waals surface area (Å²) in [6.07, 6.45) is 2.76. The highest BCUT2D eigenvalue weighted by atomic mass is 19.1. The van der Waals surface area contributed by atoms with Crippen molar-refractivity contribution in [1.29, 1.82) is 0 Å². The number of benzene rings is 1. The normalized spacial score (nSPS) is 10.5. The van der Waals surface area contributed by atoms with Gasteiger partial charge in [-0.15, -0.1) is 0 Å². The van der Waals surface area contributed by atoms with Gasteiger partial charge in [0.15, 0.2) is 5.82 Å². The van der Waals surface area contributed by atoms with Gasteiger partial charge in [-0.1, -0.05) is 18.2 Å². The zero-order valence-corrected chi connectivity index (χ0v) is 13.2. The number of hydrazine groups is 1. The van der Waals surface area contributed by atoms with Gasteiger partial charge >= 0.3 is 0 Å². The van der Waals surface area contributed by atoms with Gasteiger partial charge in [0.05, 0.1) is 6.20 Å². The van der Waals surface area contributed by atoms with E-state index in [9.17, 15) is 4.39 Å². The molecule has 0 aliphatic carbocycles. The van der Waals surface area contributed by atoms with Crippen LogP contribution in [0.3, 0.4) is 0 Å². The third-order valence-corrected chi connectivity index (χ3v) is 3.54. The number of hydrogen-bond donors (Lipinski definition) is 4. The summed E-state index contributed by atoms with van der Waals surface area (Å²) in [5.74, 6) is 5.82. The summed E-state index contributed by atoms with van der Waals surface area (Å²) in [6.45, 7) is 0.244. The van der Waals surface area contributed by atoms with Crippen molar-refractivity contribution in [3.8, 4) is 16.9 Å². The van der Waals surface area contributed by atoms with Crippen LogP contribution in [0.2, 0.25) is 0 Å². The van der Waals surface area contributed by atoms with Crippen LogP contribution in [0.1, 0.15) is 5.56 Å². The van der Waals surface area contributed by atoms with Gasteiger partial charge in [-0.2, -0.15) is 0 Å². The molecule has 0 saturated heterocycles. The maximum atomic E-state index is 13.3. The number of nitrogen functional groups attached to an aromatic ring is 3. The van der Waals surface area contributed by atoms with Crippen LogP contribution in [0.25, 0.3) is 11.1 Å². The highest BCUT2D eigenvalue weighted by Gasteiger charge is 2.10. The van der Waals surface area contributed by atoms with Crippen LogP contribution in [-0.2, 0) is 6.61 Å². The molecule has 0 unspecified atom stereocenters. The Hall–Kier alpha value is -3.39. The molecule has 0 aliphatic heterocycles. The molecule has 7 nitrogen and oxygen atoms in total. The molecule has 0 radical (unpaired) electrons.